The molecule has 6 heteroatoms. The largest absolute Gasteiger partial charge is 0.349 e. The average molecular weight is 438 g/mol. The summed E-state index contributed by atoms with van der Waals surface area (Å²) in [4.78, 5) is 32.1. The summed E-state index contributed by atoms with van der Waals surface area (Å²) in [5, 5.41) is 3.10. The molecule has 0 atom stereocenters. The second-order valence-corrected chi connectivity index (χ2v) is 9.62. The van der Waals surface area contributed by atoms with Crippen LogP contribution in [0.25, 0.3) is 0 Å². The van der Waals surface area contributed by atoms with Crippen LogP contribution in [-0.2, 0) is 10.2 Å². The lowest BCUT2D eigenvalue weighted by atomic mass is 9.82. The number of benzene rings is 1. The highest BCUT2D eigenvalue weighted by atomic mass is 19.1. The van der Waals surface area contributed by atoms with E-state index in [-0.39, 0.29) is 23.5 Å². The monoisotopic (exact) mass is 437 g/mol. The number of pyridine rings is 1. The van der Waals surface area contributed by atoms with Gasteiger partial charge in [0.2, 0.25) is 5.91 Å². The Morgan fingerprint density at radius 3 is 2.25 bits per heavy atom. The van der Waals surface area contributed by atoms with E-state index in [1.165, 1.54) is 25.0 Å². The Bertz CT molecular complexity index is 942. The molecule has 2 heterocycles. The number of carbonyl (C=O) groups excluding carboxylic acids is 2. The van der Waals surface area contributed by atoms with Crippen LogP contribution in [0.5, 0.6) is 0 Å². The Morgan fingerprint density at radius 2 is 1.66 bits per heavy atom. The summed E-state index contributed by atoms with van der Waals surface area (Å²) in [6.07, 6.45) is 7.85. The third-order valence-corrected chi connectivity index (χ3v) is 7.04. The zero-order valence-electron chi connectivity index (χ0n) is 18.9. The second kappa shape index (κ2) is 9.39. The minimum Gasteiger partial charge on any atom is -0.349 e. The molecular formula is C26H32FN3O2. The van der Waals surface area contributed by atoms with Gasteiger partial charge in [0.1, 0.15) is 5.82 Å². The van der Waals surface area contributed by atoms with E-state index >= 15 is 0 Å². The van der Waals surface area contributed by atoms with E-state index < -0.39 is 5.41 Å². The number of piperidine rings is 1. The molecule has 0 bridgehead atoms. The molecule has 170 valence electrons. The van der Waals surface area contributed by atoms with Crippen LogP contribution >= 0.6 is 0 Å². The van der Waals surface area contributed by atoms with Crippen LogP contribution in [0.1, 0.15) is 79.9 Å². The van der Waals surface area contributed by atoms with Gasteiger partial charge in [-0.3, -0.25) is 14.6 Å². The van der Waals surface area contributed by atoms with Crippen molar-refractivity contribution in [3.63, 3.8) is 0 Å². The molecule has 2 amide bonds. The van der Waals surface area contributed by atoms with Crippen molar-refractivity contribution < 1.29 is 14.0 Å². The van der Waals surface area contributed by atoms with Gasteiger partial charge in [-0.15, -0.1) is 0 Å². The van der Waals surface area contributed by atoms with Gasteiger partial charge in [0.25, 0.3) is 5.91 Å². The third-order valence-electron chi connectivity index (χ3n) is 7.04. The Balaban J connectivity index is 1.33. The highest BCUT2D eigenvalue weighted by molar-refractivity contribution is 5.94. The van der Waals surface area contributed by atoms with E-state index in [0.29, 0.717) is 24.7 Å². The van der Waals surface area contributed by atoms with Crippen LogP contribution in [0.4, 0.5) is 4.39 Å². The molecule has 2 aromatic rings. The van der Waals surface area contributed by atoms with Crippen molar-refractivity contribution in [2.24, 2.45) is 0 Å². The van der Waals surface area contributed by atoms with Crippen molar-refractivity contribution in [3.05, 3.63) is 65.2 Å². The topological polar surface area (TPSA) is 62.3 Å². The molecule has 1 aromatic heterocycles. The molecule has 1 aliphatic carbocycles. The van der Waals surface area contributed by atoms with Gasteiger partial charge in [-0.1, -0.05) is 25.0 Å². The van der Waals surface area contributed by atoms with Crippen molar-refractivity contribution in [1.82, 2.24) is 15.2 Å². The van der Waals surface area contributed by atoms with E-state index in [0.717, 1.165) is 36.9 Å². The minimum atomic E-state index is -0.701. The predicted octanol–water partition coefficient (Wildman–Crippen LogP) is 4.58. The number of halogens is 1. The number of nitrogens with one attached hydrogen (secondary N) is 1. The molecular weight excluding hydrogens is 405 g/mol. The van der Waals surface area contributed by atoms with Crippen molar-refractivity contribution in [2.75, 3.05) is 13.1 Å². The first kappa shape index (κ1) is 22.4. The molecule has 1 saturated heterocycles. The average Bonchev–Trinajstić information content (AvgIpc) is 3.32. The van der Waals surface area contributed by atoms with Crippen LogP contribution in [0.2, 0.25) is 0 Å². The van der Waals surface area contributed by atoms with E-state index in [4.69, 9.17) is 0 Å². The van der Waals surface area contributed by atoms with E-state index in [1.54, 1.807) is 18.3 Å². The van der Waals surface area contributed by atoms with Crippen LogP contribution in [0.3, 0.4) is 0 Å². The standard InChI is InChI=1S/C26H32FN3O2/c1-26(2,20-8-10-21(27)11-9-20)25(32)30-15-13-18(14-16-30)23-12-7-19(17-28-23)24(31)29-22-5-3-4-6-22/h7-12,17-18,22H,3-6,13-16H2,1-2H3,(H,29,31). The first-order valence-corrected chi connectivity index (χ1v) is 11.7. The number of rotatable bonds is 5. The molecule has 0 spiro atoms. The Morgan fingerprint density at radius 1 is 1.00 bits per heavy atom. The van der Waals surface area contributed by atoms with Crippen molar-refractivity contribution in [1.29, 1.82) is 0 Å². The van der Waals surface area contributed by atoms with Gasteiger partial charge < -0.3 is 10.2 Å². The zero-order valence-corrected chi connectivity index (χ0v) is 18.9. The molecule has 1 aliphatic heterocycles. The van der Waals surface area contributed by atoms with Gasteiger partial charge in [0.05, 0.1) is 11.0 Å². The molecule has 32 heavy (non-hydrogen) atoms. The smallest absolute Gasteiger partial charge is 0.253 e. The molecule has 5 nitrogen and oxygen atoms in total. The Labute approximate surface area is 189 Å². The van der Waals surface area contributed by atoms with Crippen LogP contribution in [0.15, 0.2) is 42.6 Å². The summed E-state index contributed by atoms with van der Waals surface area (Å²) in [7, 11) is 0. The number of aromatic nitrogens is 1. The normalized spacial score (nSPS) is 18.0. The maximum Gasteiger partial charge on any atom is 0.253 e. The summed E-state index contributed by atoms with van der Waals surface area (Å²) in [6, 6.07) is 10.3. The maximum absolute atomic E-state index is 13.3. The van der Waals surface area contributed by atoms with E-state index in [2.05, 4.69) is 10.3 Å². The Kier molecular flexibility index (Phi) is 6.58. The molecule has 1 N–H and O–H groups in total. The SMILES string of the molecule is CC(C)(C(=O)N1CCC(c2ccc(C(=O)NC3CCCC3)cn2)CC1)c1ccc(F)cc1. The fourth-order valence-electron chi connectivity index (χ4n) is 4.88. The summed E-state index contributed by atoms with van der Waals surface area (Å²) < 4.78 is 13.3. The third kappa shape index (κ3) is 4.84. The summed E-state index contributed by atoms with van der Waals surface area (Å²) in [6.45, 7) is 5.12. The van der Waals surface area contributed by atoms with Crippen molar-refractivity contribution >= 4 is 11.8 Å². The lowest BCUT2D eigenvalue weighted by molar-refractivity contribution is -0.137. The molecule has 0 radical (unpaired) electrons. The predicted molar refractivity (Wildman–Crippen MR) is 122 cm³/mol. The van der Waals surface area contributed by atoms with Crippen LogP contribution in [0, 0.1) is 5.82 Å². The lowest BCUT2D eigenvalue weighted by Gasteiger charge is -2.37. The van der Waals surface area contributed by atoms with E-state index in [1.807, 2.05) is 30.9 Å². The lowest BCUT2D eigenvalue weighted by Crippen LogP contribution is -2.46. The number of carbonyl (C=O) groups is 2. The number of hydrogen-bond acceptors (Lipinski definition) is 3. The number of hydrogen-bond donors (Lipinski definition) is 1. The maximum atomic E-state index is 13.3. The molecule has 4 rings (SSSR count). The van der Waals surface area contributed by atoms with Gasteiger partial charge in [-0.2, -0.15) is 0 Å². The first-order valence-electron chi connectivity index (χ1n) is 11.7. The number of likely N-dealkylation sites (tertiary alicyclic amines) is 1. The van der Waals surface area contributed by atoms with E-state index in [9.17, 15) is 14.0 Å². The second-order valence-electron chi connectivity index (χ2n) is 9.62. The fourth-order valence-corrected chi connectivity index (χ4v) is 4.88. The van der Waals surface area contributed by atoms with Gasteiger partial charge in [-0.05, 0) is 69.4 Å². The fraction of sp³-hybridized carbons (Fsp3) is 0.500. The minimum absolute atomic E-state index is 0.0422. The van der Waals surface area contributed by atoms with Crippen LogP contribution < -0.4 is 5.32 Å². The number of amides is 2. The quantitative estimate of drug-likeness (QED) is 0.745. The van der Waals surface area contributed by atoms with Gasteiger partial charge in [-0.25, -0.2) is 4.39 Å². The molecule has 0 unspecified atom stereocenters. The van der Waals surface area contributed by atoms with Crippen molar-refractivity contribution in [3.8, 4) is 0 Å². The molecule has 1 aromatic carbocycles. The van der Waals surface area contributed by atoms with Crippen LogP contribution in [-0.4, -0.2) is 40.8 Å². The van der Waals surface area contributed by atoms with Crippen molar-refractivity contribution in [2.45, 2.75) is 69.7 Å². The van der Waals surface area contributed by atoms with Gasteiger partial charge in [0.15, 0.2) is 0 Å². The highest BCUT2D eigenvalue weighted by Gasteiger charge is 2.36. The van der Waals surface area contributed by atoms with Gasteiger partial charge >= 0.3 is 0 Å². The Hall–Kier alpha value is -2.76. The zero-order chi connectivity index (χ0) is 22.7. The molecule has 2 fully saturated rings. The highest BCUT2D eigenvalue weighted by Crippen LogP contribution is 2.31. The van der Waals surface area contributed by atoms with Gasteiger partial charge in [0, 0.05) is 36.9 Å². The summed E-state index contributed by atoms with van der Waals surface area (Å²) in [5.41, 5.74) is 1.70. The summed E-state index contributed by atoms with van der Waals surface area (Å²) in [5.74, 6) is 0.00103. The molecule has 1 saturated carbocycles. The summed E-state index contributed by atoms with van der Waals surface area (Å²) >= 11 is 0. The number of nitrogens with zero attached hydrogens (tertiary/aromatic N) is 2. The molecule has 2 aliphatic rings. The first-order chi connectivity index (χ1) is 15.3.